The maximum absolute atomic E-state index is 13.2. The van der Waals surface area contributed by atoms with E-state index < -0.39 is 11.2 Å². The zero-order valence-electron chi connectivity index (χ0n) is 26.8. The summed E-state index contributed by atoms with van der Waals surface area (Å²) in [5.41, 5.74) is 6.83. The Hall–Kier alpha value is -4.07. The summed E-state index contributed by atoms with van der Waals surface area (Å²) in [4.78, 5) is 41.4. The molecule has 0 radical (unpaired) electrons. The highest BCUT2D eigenvalue weighted by molar-refractivity contribution is 6.05. The second-order valence-corrected chi connectivity index (χ2v) is 13.3. The van der Waals surface area contributed by atoms with Crippen LogP contribution in [0.3, 0.4) is 0 Å². The Labute approximate surface area is 255 Å². The third-order valence-electron chi connectivity index (χ3n) is 7.40. The highest BCUT2D eigenvalue weighted by atomic mass is 16.6. The first-order valence-electron chi connectivity index (χ1n) is 15.0. The number of nitrogens with zero attached hydrogens (tertiary/aromatic N) is 2. The van der Waals surface area contributed by atoms with E-state index in [0.29, 0.717) is 31.7 Å². The first-order valence-corrected chi connectivity index (χ1v) is 15.0. The molecule has 3 amide bonds. The number of nitrogens with one attached hydrogen (secondary N) is 1. The lowest BCUT2D eigenvalue weighted by atomic mass is 9.94. The fourth-order valence-electron chi connectivity index (χ4n) is 5.19. The maximum atomic E-state index is 13.2. The Morgan fingerprint density at radius 1 is 0.721 bits per heavy atom. The molecule has 0 aliphatic carbocycles. The van der Waals surface area contributed by atoms with Crippen molar-refractivity contribution >= 4 is 34.9 Å². The number of carbonyl (C=O) groups excluding carboxylic acids is 3. The Bertz CT molecular complexity index is 1460. The summed E-state index contributed by atoms with van der Waals surface area (Å²) in [6.07, 6.45) is 5.02. The average molecular weight is 588 g/mol. The molecule has 2 aromatic carbocycles. The van der Waals surface area contributed by atoms with Crippen LogP contribution in [0.2, 0.25) is 0 Å². The molecule has 8 heteroatoms. The predicted octanol–water partition coefficient (Wildman–Crippen LogP) is 7.60. The van der Waals surface area contributed by atoms with Gasteiger partial charge in [-0.1, -0.05) is 24.3 Å². The third kappa shape index (κ3) is 8.49. The fourth-order valence-corrected chi connectivity index (χ4v) is 5.19. The van der Waals surface area contributed by atoms with Crippen molar-refractivity contribution in [2.24, 2.45) is 0 Å². The maximum Gasteiger partial charge on any atom is 0.410 e. The summed E-state index contributed by atoms with van der Waals surface area (Å²) in [5.74, 6) is -0.163. The van der Waals surface area contributed by atoms with Crippen LogP contribution in [0.5, 0.6) is 0 Å². The van der Waals surface area contributed by atoms with E-state index in [1.807, 2.05) is 85.7 Å². The number of anilines is 1. The van der Waals surface area contributed by atoms with E-state index in [2.05, 4.69) is 23.5 Å². The van der Waals surface area contributed by atoms with Crippen LogP contribution in [-0.2, 0) is 9.47 Å². The normalized spacial score (nSPS) is 15.8. The van der Waals surface area contributed by atoms with E-state index in [1.54, 1.807) is 9.80 Å². The van der Waals surface area contributed by atoms with Crippen molar-refractivity contribution in [3.8, 4) is 0 Å². The number of hydrogen-bond acceptors (Lipinski definition) is 5. The molecule has 0 bridgehead atoms. The van der Waals surface area contributed by atoms with Crippen LogP contribution in [0, 0.1) is 13.8 Å². The molecule has 8 nitrogen and oxygen atoms in total. The van der Waals surface area contributed by atoms with Gasteiger partial charge in [-0.25, -0.2) is 9.59 Å². The second kappa shape index (κ2) is 12.7. The smallest absolute Gasteiger partial charge is 0.410 e. The average Bonchev–Trinajstić information content (AvgIpc) is 2.92. The van der Waals surface area contributed by atoms with Crippen LogP contribution in [-0.4, -0.2) is 65.3 Å². The number of ether oxygens (including phenoxy) is 2. The summed E-state index contributed by atoms with van der Waals surface area (Å²) >= 11 is 0. The van der Waals surface area contributed by atoms with Gasteiger partial charge in [0.05, 0.1) is 0 Å². The van der Waals surface area contributed by atoms with E-state index >= 15 is 0 Å². The molecule has 1 N–H and O–H groups in total. The van der Waals surface area contributed by atoms with E-state index in [9.17, 15) is 14.4 Å². The first kappa shape index (κ1) is 31.9. The Morgan fingerprint density at radius 2 is 1.28 bits per heavy atom. The van der Waals surface area contributed by atoms with Gasteiger partial charge in [-0.05, 0) is 126 Å². The molecule has 230 valence electrons. The van der Waals surface area contributed by atoms with Crippen molar-refractivity contribution in [1.82, 2.24) is 9.80 Å². The topological polar surface area (TPSA) is 88.2 Å². The zero-order chi connectivity index (χ0) is 31.5. The summed E-state index contributed by atoms with van der Waals surface area (Å²) in [6, 6.07) is 11.8. The molecular formula is C35H45N3O5. The standard InChI is InChI=1S/C35H45N3O5/c1-23-21-28(9-11-29(23)26-15-19-38(20-16-26)33(41)43-35(6,7)8)31(39)36-30-12-10-27(22-24(30)2)25-13-17-37(18-14-25)32(40)42-34(3,4)5/h9-13,15,21-22H,14,16-20H2,1-8H3,(H,36,39). The SMILES string of the molecule is Cc1cc(C2=CCN(C(=O)OC(C)(C)C)CC2)ccc1NC(=O)c1ccc(C2=CCN(C(=O)OC(C)(C)C)CC2)c(C)c1. The monoisotopic (exact) mass is 587 g/mol. The molecule has 0 saturated heterocycles. The summed E-state index contributed by atoms with van der Waals surface area (Å²) in [6.45, 7) is 17.4. The van der Waals surface area contributed by atoms with Crippen LogP contribution in [0.15, 0.2) is 48.6 Å². The minimum absolute atomic E-state index is 0.163. The van der Waals surface area contributed by atoms with Gasteiger partial charge in [0.1, 0.15) is 11.2 Å². The summed E-state index contributed by atoms with van der Waals surface area (Å²) in [7, 11) is 0. The number of aryl methyl sites for hydroxylation is 2. The number of carbonyl (C=O) groups is 3. The molecule has 2 aliphatic rings. The van der Waals surface area contributed by atoms with Crippen molar-refractivity contribution in [1.29, 1.82) is 0 Å². The Balaban J connectivity index is 1.37. The first-order chi connectivity index (χ1) is 20.1. The van der Waals surface area contributed by atoms with Crippen LogP contribution in [0.1, 0.15) is 87.0 Å². The van der Waals surface area contributed by atoms with E-state index in [0.717, 1.165) is 40.8 Å². The minimum atomic E-state index is -0.519. The van der Waals surface area contributed by atoms with Gasteiger partial charge in [-0.3, -0.25) is 4.79 Å². The van der Waals surface area contributed by atoms with Crippen molar-refractivity contribution in [2.45, 2.75) is 79.4 Å². The highest BCUT2D eigenvalue weighted by Crippen LogP contribution is 2.29. The van der Waals surface area contributed by atoms with Crippen molar-refractivity contribution in [2.75, 3.05) is 31.5 Å². The molecule has 0 unspecified atom stereocenters. The molecule has 0 spiro atoms. The van der Waals surface area contributed by atoms with Crippen LogP contribution in [0.4, 0.5) is 15.3 Å². The molecule has 4 rings (SSSR count). The second-order valence-electron chi connectivity index (χ2n) is 13.3. The molecule has 0 atom stereocenters. The third-order valence-corrected chi connectivity index (χ3v) is 7.40. The number of rotatable bonds is 4. The summed E-state index contributed by atoms with van der Waals surface area (Å²) in [5, 5.41) is 3.06. The Kier molecular flexibility index (Phi) is 9.38. The number of amides is 3. The van der Waals surface area contributed by atoms with Gasteiger partial charge in [0.25, 0.3) is 5.91 Å². The highest BCUT2D eigenvalue weighted by Gasteiger charge is 2.25. The van der Waals surface area contributed by atoms with E-state index in [4.69, 9.17) is 9.47 Å². The number of benzene rings is 2. The Morgan fingerprint density at radius 3 is 1.74 bits per heavy atom. The quantitative estimate of drug-likeness (QED) is 0.398. The van der Waals surface area contributed by atoms with Gasteiger partial charge in [-0.15, -0.1) is 0 Å². The van der Waals surface area contributed by atoms with Crippen molar-refractivity contribution in [3.63, 3.8) is 0 Å². The van der Waals surface area contributed by atoms with Crippen LogP contribution >= 0.6 is 0 Å². The van der Waals surface area contributed by atoms with Crippen LogP contribution in [0.25, 0.3) is 11.1 Å². The number of hydrogen-bond donors (Lipinski definition) is 1. The lowest BCUT2D eigenvalue weighted by Gasteiger charge is -2.30. The van der Waals surface area contributed by atoms with Crippen molar-refractivity contribution in [3.05, 3.63) is 76.4 Å². The predicted molar refractivity (Wildman–Crippen MR) is 171 cm³/mol. The van der Waals surface area contributed by atoms with E-state index in [-0.39, 0.29) is 18.1 Å². The van der Waals surface area contributed by atoms with Crippen LogP contribution < -0.4 is 5.32 Å². The molecule has 0 fully saturated rings. The lowest BCUT2D eigenvalue weighted by Crippen LogP contribution is -2.39. The van der Waals surface area contributed by atoms with Gasteiger partial charge in [0, 0.05) is 37.4 Å². The molecule has 2 aliphatic heterocycles. The summed E-state index contributed by atoms with van der Waals surface area (Å²) < 4.78 is 11.0. The van der Waals surface area contributed by atoms with E-state index in [1.165, 1.54) is 11.1 Å². The molecular weight excluding hydrogens is 542 g/mol. The van der Waals surface area contributed by atoms with Gasteiger partial charge >= 0.3 is 12.2 Å². The zero-order valence-corrected chi connectivity index (χ0v) is 26.8. The van der Waals surface area contributed by atoms with Gasteiger partial charge in [-0.2, -0.15) is 0 Å². The van der Waals surface area contributed by atoms with Gasteiger partial charge in [0.2, 0.25) is 0 Å². The molecule has 2 aromatic rings. The molecule has 43 heavy (non-hydrogen) atoms. The van der Waals surface area contributed by atoms with Gasteiger partial charge in [0.15, 0.2) is 0 Å². The lowest BCUT2D eigenvalue weighted by molar-refractivity contribution is 0.0260. The molecule has 0 aromatic heterocycles. The van der Waals surface area contributed by atoms with Crippen molar-refractivity contribution < 1.29 is 23.9 Å². The largest absolute Gasteiger partial charge is 0.444 e. The van der Waals surface area contributed by atoms with Gasteiger partial charge < -0.3 is 24.6 Å². The molecule has 0 saturated carbocycles. The fraction of sp³-hybridized carbons (Fsp3) is 0.457. The minimum Gasteiger partial charge on any atom is -0.444 e. The molecule has 2 heterocycles.